The summed E-state index contributed by atoms with van der Waals surface area (Å²) in [7, 11) is -3.68. The summed E-state index contributed by atoms with van der Waals surface area (Å²) < 4.78 is 34.8. The largest absolute Gasteiger partial charge is 0.373 e. The number of nitrogens with zero attached hydrogens (tertiary/aromatic N) is 3. The number of fused-ring (bicyclic) bond motifs is 2. The van der Waals surface area contributed by atoms with Gasteiger partial charge in [-0.05, 0) is 75.2 Å². The van der Waals surface area contributed by atoms with Gasteiger partial charge in [-0.15, -0.1) is 22.7 Å². The maximum atomic E-state index is 13.5. The van der Waals surface area contributed by atoms with Crippen LogP contribution in [0.3, 0.4) is 0 Å². The standard InChI is InChI=1S/C30H34N4O4S3/c1-4-14-33-15-13-23-26(18-33)40-30(27(23)29-31-24-7-5-6-8-25(24)39-29)32-28(35)21-9-11-22(12-10-21)41(36,37)34-16-19(2)38-20(3)17-34/h5-12,19-20H,4,13-18H2,1-3H3,(H,32,35). The molecule has 2 unspecified atom stereocenters. The van der Waals surface area contributed by atoms with E-state index in [1.165, 1.54) is 26.9 Å². The Balaban J connectivity index is 1.28. The van der Waals surface area contributed by atoms with Gasteiger partial charge in [0.2, 0.25) is 10.0 Å². The van der Waals surface area contributed by atoms with Crippen LogP contribution < -0.4 is 5.32 Å². The summed E-state index contributed by atoms with van der Waals surface area (Å²) >= 11 is 3.27. The second-order valence-electron chi connectivity index (χ2n) is 10.8. The van der Waals surface area contributed by atoms with Crippen LogP contribution in [0.1, 0.15) is 48.0 Å². The Kier molecular flexibility index (Phi) is 8.01. The zero-order valence-electron chi connectivity index (χ0n) is 23.4. The molecular formula is C30H34N4O4S3. The molecule has 0 radical (unpaired) electrons. The maximum Gasteiger partial charge on any atom is 0.256 e. The van der Waals surface area contributed by atoms with Crippen molar-refractivity contribution in [3.63, 3.8) is 0 Å². The minimum Gasteiger partial charge on any atom is -0.373 e. The van der Waals surface area contributed by atoms with Crippen LogP contribution in [-0.2, 0) is 27.7 Å². The number of aromatic nitrogens is 1. The first-order valence-electron chi connectivity index (χ1n) is 14.0. The fraction of sp³-hybridized carbons (Fsp3) is 0.400. The van der Waals surface area contributed by atoms with Gasteiger partial charge in [0.05, 0.1) is 27.3 Å². The molecule has 4 aromatic rings. The zero-order chi connectivity index (χ0) is 28.7. The van der Waals surface area contributed by atoms with Gasteiger partial charge in [0.25, 0.3) is 5.91 Å². The molecule has 0 aliphatic carbocycles. The molecule has 4 heterocycles. The molecule has 2 aromatic carbocycles. The second-order valence-corrected chi connectivity index (χ2v) is 14.9. The van der Waals surface area contributed by atoms with Crippen molar-refractivity contribution in [1.29, 1.82) is 0 Å². The number of sulfonamides is 1. The third kappa shape index (κ3) is 5.71. The molecule has 0 bridgehead atoms. The number of carbonyl (C=O) groups excluding carboxylic acids is 1. The fourth-order valence-electron chi connectivity index (χ4n) is 5.69. The molecule has 1 N–H and O–H groups in total. The highest BCUT2D eigenvalue weighted by Gasteiger charge is 2.32. The first-order chi connectivity index (χ1) is 19.7. The first-order valence-corrected chi connectivity index (χ1v) is 17.1. The highest BCUT2D eigenvalue weighted by molar-refractivity contribution is 7.89. The minimum absolute atomic E-state index is 0.172. The third-order valence-electron chi connectivity index (χ3n) is 7.55. The molecule has 2 aliphatic heterocycles. The lowest BCUT2D eigenvalue weighted by Crippen LogP contribution is -2.48. The van der Waals surface area contributed by atoms with Crippen molar-refractivity contribution in [1.82, 2.24) is 14.2 Å². The monoisotopic (exact) mass is 610 g/mol. The van der Waals surface area contributed by atoms with Crippen LogP contribution in [-0.4, -0.2) is 66.9 Å². The molecule has 2 aliphatic rings. The van der Waals surface area contributed by atoms with Gasteiger partial charge in [-0.1, -0.05) is 19.1 Å². The normalized spacial score (nSPS) is 20.3. The number of ether oxygens (including phenoxy) is 1. The zero-order valence-corrected chi connectivity index (χ0v) is 25.9. The quantitative estimate of drug-likeness (QED) is 0.283. The molecule has 1 fully saturated rings. The Morgan fingerprint density at radius 2 is 1.80 bits per heavy atom. The van der Waals surface area contributed by atoms with E-state index in [0.29, 0.717) is 18.7 Å². The van der Waals surface area contributed by atoms with Crippen molar-refractivity contribution in [3.8, 4) is 10.6 Å². The third-order valence-corrected chi connectivity index (χ3v) is 11.6. The Labute approximate surface area is 249 Å². The summed E-state index contributed by atoms with van der Waals surface area (Å²) in [6.45, 7) is 9.46. The van der Waals surface area contributed by atoms with E-state index in [2.05, 4.69) is 23.2 Å². The molecule has 0 spiro atoms. The number of thiazole rings is 1. The highest BCUT2D eigenvalue weighted by Crippen LogP contribution is 2.45. The van der Waals surface area contributed by atoms with Crippen LogP contribution in [0.5, 0.6) is 0 Å². The molecule has 11 heteroatoms. The van der Waals surface area contributed by atoms with Gasteiger partial charge < -0.3 is 10.1 Å². The van der Waals surface area contributed by atoms with E-state index in [-0.39, 0.29) is 23.0 Å². The number of benzene rings is 2. The fourth-order valence-corrected chi connectivity index (χ4v) is 9.67. The highest BCUT2D eigenvalue weighted by atomic mass is 32.2. The van der Waals surface area contributed by atoms with Gasteiger partial charge in [0.1, 0.15) is 10.0 Å². The number of thiophene rings is 1. The van der Waals surface area contributed by atoms with Gasteiger partial charge in [0.15, 0.2) is 0 Å². The van der Waals surface area contributed by atoms with E-state index in [0.717, 1.165) is 58.3 Å². The molecule has 41 heavy (non-hydrogen) atoms. The van der Waals surface area contributed by atoms with Crippen LogP contribution in [0.15, 0.2) is 53.4 Å². The summed E-state index contributed by atoms with van der Waals surface area (Å²) in [5, 5.41) is 4.87. The lowest BCUT2D eigenvalue weighted by atomic mass is 10.0. The average Bonchev–Trinajstić information content (AvgIpc) is 3.53. The number of anilines is 1. The average molecular weight is 611 g/mol. The van der Waals surface area contributed by atoms with Gasteiger partial charge in [-0.3, -0.25) is 9.69 Å². The number of amides is 1. The molecule has 1 saturated heterocycles. The summed E-state index contributed by atoms with van der Waals surface area (Å²) in [5.41, 5.74) is 3.65. The molecular weight excluding hydrogens is 577 g/mol. The van der Waals surface area contributed by atoms with Gasteiger partial charge in [-0.2, -0.15) is 4.31 Å². The number of hydrogen-bond acceptors (Lipinski definition) is 8. The van der Waals surface area contributed by atoms with Gasteiger partial charge in [-0.25, -0.2) is 13.4 Å². The van der Waals surface area contributed by atoms with Crippen molar-refractivity contribution in [3.05, 3.63) is 64.5 Å². The summed E-state index contributed by atoms with van der Waals surface area (Å²) in [4.78, 5) is 22.3. The number of para-hydroxylation sites is 1. The van der Waals surface area contributed by atoms with Crippen molar-refractivity contribution in [2.24, 2.45) is 0 Å². The van der Waals surface area contributed by atoms with E-state index < -0.39 is 10.0 Å². The molecule has 2 atom stereocenters. The predicted octanol–water partition coefficient (Wildman–Crippen LogP) is 5.84. The van der Waals surface area contributed by atoms with E-state index in [4.69, 9.17) is 9.72 Å². The Morgan fingerprint density at radius 1 is 1.07 bits per heavy atom. The number of morpholine rings is 1. The van der Waals surface area contributed by atoms with E-state index in [1.807, 2.05) is 32.0 Å². The lowest BCUT2D eigenvalue weighted by molar-refractivity contribution is -0.0440. The van der Waals surface area contributed by atoms with Crippen molar-refractivity contribution >= 4 is 53.8 Å². The topological polar surface area (TPSA) is 91.8 Å². The molecule has 216 valence electrons. The molecule has 0 saturated carbocycles. The van der Waals surface area contributed by atoms with Crippen LogP contribution >= 0.6 is 22.7 Å². The SMILES string of the molecule is CCCN1CCc2c(sc(NC(=O)c3ccc(S(=O)(=O)N4CC(C)OC(C)C4)cc3)c2-c2nc3ccccc3s2)C1. The van der Waals surface area contributed by atoms with Crippen LogP contribution in [0.25, 0.3) is 20.8 Å². The van der Waals surface area contributed by atoms with Crippen molar-refractivity contribution in [2.75, 3.05) is 31.5 Å². The molecule has 6 rings (SSSR count). The Morgan fingerprint density at radius 3 is 2.51 bits per heavy atom. The van der Waals surface area contributed by atoms with Crippen molar-refractivity contribution in [2.45, 2.75) is 57.3 Å². The summed E-state index contributed by atoms with van der Waals surface area (Å²) in [6.07, 6.45) is 1.67. The maximum absolute atomic E-state index is 13.5. The number of rotatable bonds is 7. The van der Waals surface area contributed by atoms with Crippen molar-refractivity contribution < 1.29 is 17.9 Å². The molecule has 8 nitrogen and oxygen atoms in total. The second kappa shape index (κ2) is 11.5. The smallest absolute Gasteiger partial charge is 0.256 e. The number of carbonyl (C=O) groups is 1. The summed E-state index contributed by atoms with van der Waals surface area (Å²) in [6, 6.07) is 14.3. The Bertz CT molecular complexity index is 1640. The lowest BCUT2D eigenvalue weighted by Gasteiger charge is -2.34. The summed E-state index contributed by atoms with van der Waals surface area (Å²) in [5.74, 6) is -0.270. The van der Waals surface area contributed by atoms with E-state index in [9.17, 15) is 13.2 Å². The van der Waals surface area contributed by atoms with Crippen LogP contribution in [0.4, 0.5) is 5.00 Å². The predicted molar refractivity (Wildman–Crippen MR) is 165 cm³/mol. The molecule has 2 aromatic heterocycles. The number of hydrogen-bond donors (Lipinski definition) is 1. The Hall–Kier alpha value is -2.67. The van der Waals surface area contributed by atoms with E-state index >= 15 is 0 Å². The number of nitrogens with one attached hydrogen (secondary N) is 1. The van der Waals surface area contributed by atoms with E-state index in [1.54, 1.807) is 34.8 Å². The van der Waals surface area contributed by atoms with Gasteiger partial charge >= 0.3 is 0 Å². The molecule has 1 amide bonds. The minimum atomic E-state index is -3.68. The van der Waals surface area contributed by atoms with Crippen LogP contribution in [0, 0.1) is 0 Å². The van der Waals surface area contributed by atoms with Crippen LogP contribution in [0.2, 0.25) is 0 Å². The first kappa shape index (κ1) is 28.4. The van der Waals surface area contributed by atoms with Gasteiger partial charge in [0, 0.05) is 42.2 Å².